The molecule has 1 unspecified atom stereocenters. The number of nitrogens with zero attached hydrogens (tertiary/aromatic N) is 2. The minimum atomic E-state index is -0.0489. The minimum absolute atomic E-state index is 0.0489. The molecule has 1 aromatic heterocycles. The highest BCUT2D eigenvalue weighted by Crippen LogP contribution is 2.37. The molecule has 0 aromatic carbocycles. The van der Waals surface area contributed by atoms with Gasteiger partial charge in [0.2, 0.25) is 0 Å². The third-order valence-electron chi connectivity index (χ3n) is 4.17. The zero-order valence-electron chi connectivity index (χ0n) is 10.1. The Bertz CT molecular complexity index is 503. The predicted molar refractivity (Wildman–Crippen MR) is 78.6 cm³/mol. The Kier molecular flexibility index (Phi) is 3.31. The Hall–Kier alpha value is -0.630. The first-order valence-corrected chi connectivity index (χ1v) is 7.46. The van der Waals surface area contributed by atoms with Gasteiger partial charge in [0.25, 0.3) is 5.56 Å². The maximum absolute atomic E-state index is 11.6. The molecule has 2 heterocycles. The summed E-state index contributed by atoms with van der Waals surface area (Å²) in [4.78, 5) is 20.8. The van der Waals surface area contributed by atoms with Crippen LogP contribution in [0.25, 0.3) is 0 Å². The van der Waals surface area contributed by atoms with Crippen molar-refractivity contribution >= 4 is 28.4 Å². The number of H-pyrrole nitrogens is 1. The predicted octanol–water partition coefficient (Wildman–Crippen LogP) is 0.938. The lowest BCUT2D eigenvalue weighted by molar-refractivity contribution is 0.271. The largest absolute Gasteiger partial charge is 0.355 e. The number of fused-ring (bicyclic) bond motifs is 1. The Labute approximate surface area is 119 Å². The first kappa shape index (κ1) is 12.4. The van der Waals surface area contributed by atoms with Gasteiger partial charge in [0.1, 0.15) is 9.39 Å². The maximum atomic E-state index is 11.6. The molecule has 18 heavy (non-hydrogen) atoms. The van der Waals surface area contributed by atoms with E-state index in [1.54, 1.807) is 0 Å². The Morgan fingerprint density at radius 2 is 2.17 bits per heavy atom. The van der Waals surface area contributed by atoms with Crippen LogP contribution in [0.2, 0.25) is 0 Å². The zero-order valence-corrected chi connectivity index (χ0v) is 12.3. The Morgan fingerprint density at radius 1 is 1.39 bits per heavy atom. The van der Waals surface area contributed by atoms with E-state index in [0.717, 1.165) is 37.7 Å². The van der Waals surface area contributed by atoms with Crippen molar-refractivity contribution in [3.8, 4) is 0 Å². The Balaban J connectivity index is 1.83. The van der Waals surface area contributed by atoms with Gasteiger partial charge < -0.3 is 15.6 Å². The third kappa shape index (κ3) is 2.16. The SMILES string of the molecule is NC1CC[C@@H]2CN(c3nc[nH]c(=O)c3I)C[C@@H]2C1. The van der Waals surface area contributed by atoms with E-state index in [1.807, 2.05) is 0 Å². The lowest BCUT2D eigenvalue weighted by atomic mass is 9.79. The highest BCUT2D eigenvalue weighted by atomic mass is 127. The summed E-state index contributed by atoms with van der Waals surface area (Å²) in [5.74, 6) is 2.23. The summed E-state index contributed by atoms with van der Waals surface area (Å²) in [7, 11) is 0. The fourth-order valence-corrected chi connectivity index (χ4v) is 3.87. The second-order valence-corrected chi connectivity index (χ2v) is 6.45. The van der Waals surface area contributed by atoms with Gasteiger partial charge in [0.05, 0.1) is 6.33 Å². The van der Waals surface area contributed by atoms with E-state index in [1.165, 1.54) is 12.7 Å². The third-order valence-corrected chi connectivity index (χ3v) is 5.14. The van der Waals surface area contributed by atoms with Gasteiger partial charge in [0, 0.05) is 19.1 Å². The molecule has 0 radical (unpaired) electrons. The average Bonchev–Trinajstić information content (AvgIpc) is 2.75. The number of hydrogen-bond donors (Lipinski definition) is 2. The van der Waals surface area contributed by atoms with Crippen LogP contribution in [0.4, 0.5) is 5.82 Å². The van der Waals surface area contributed by atoms with Gasteiger partial charge in [-0.2, -0.15) is 0 Å². The van der Waals surface area contributed by atoms with E-state index in [0.29, 0.717) is 15.5 Å². The summed E-state index contributed by atoms with van der Waals surface area (Å²) in [5, 5.41) is 0. The quantitative estimate of drug-likeness (QED) is 0.731. The lowest BCUT2D eigenvalue weighted by Gasteiger charge is -2.27. The molecular formula is C12H17IN4O. The molecule has 6 heteroatoms. The van der Waals surface area contributed by atoms with Crippen LogP contribution in [-0.2, 0) is 0 Å². The second kappa shape index (κ2) is 4.80. The molecule has 3 rings (SSSR count). The van der Waals surface area contributed by atoms with E-state index in [-0.39, 0.29) is 5.56 Å². The smallest absolute Gasteiger partial charge is 0.266 e. The van der Waals surface area contributed by atoms with E-state index in [9.17, 15) is 4.79 Å². The minimum Gasteiger partial charge on any atom is -0.355 e. The molecule has 0 spiro atoms. The van der Waals surface area contributed by atoms with Gasteiger partial charge in [-0.1, -0.05) is 0 Å². The van der Waals surface area contributed by atoms with Crippen molar-refractivity contribution in [3.05, 3.63) is 20.3 Å². The van der Waals surface area contributed by atoms with Gasteiger partial charge in [-0.15, -0.1) is 0 Å². The normalized spacial score (nSPS) is 31.4. The molecule has 1 saturated carbocycles. The number of nitrogens with two attached hydrogens (primary N) is 1. The monoisotopic (exact) mass is 360 g/mol. The molecule has 1 aliphatic carbocycles. The summed E-state index contributed by atoms with van der Waals surface area (Å²) in [6.45, 7) is 2.01. The average molecular weight is 360 g/mol. The Morgan fingerprint density at radius 3 is 3.00 bits per heavy atom. The maximum Gasteiger partial charge on any atom is 0.266 e. The molecule has 98 valence electrons. The van der Waals surface area contributed by atoms with Crippen molar-refractivity contribution in [1.82, 2.24) is 9.97 Å². The summed E-state index contributed by atoms with van der Waals surface area (Å²) in [6.07, 6.45) is 4.95. The fourth-order valence-electron chi connectivity index (χ4n) is 3.23. The number of aromatic nitrogens is 2. The molecule has 5 nitrogen and oxygen atoms in total. The molecule has 1 aromatic rings. The van der Waals surface area contributed by atoms with Crippen molar-refractivity contribution in [2.24, 2.45) is 17.6 Å². The van der Waals surface area contributed by atoms with Crippen molar-refractivity contribution < 1.29 is 0 Å². The molecule has 1 aliphatic heterocycles. The van der Waals surface area contributed by atoms with Gasteiger partial charge >= 0.3 is 0 Å². The van der Waals surface area contributed by atoms with E-state index >= 15 is 0 Å². The van der Waals surface area contributed by atoms with Crippen LogP contribution in [0, 0.1) is 15.4 Å². The number of aromatic amines is 1. The van der Waals surface area contributed by atoms with Gasteiger partial charge in [-0.3, -0.25) is 4.79 Å². The first-order chi connectivity index (χ1) is 8.65. The van der Waals surface area contributed by atoms with Crippen LogP contribution >= 0.6 is 22.6 Å². The summed E-state index contributed by atoms with van der Waals surface area (Å²) in [5.41, 5.74) is 5.99. The highest BCUT2D eigenvalue weighted by Gasteiger charge is 2.37. The zero-order chi connectivity index (χ0) is 12.7. The number of nitrogens with one attached hydrogen (secondary N) is 1. The number of hydrogen-bond acceptors (Lipinski definition) is 4. The molecule has 0 amide bonds. The van der Waals surface area contributed by atoms with E-state index < -0.39 is 0 Å². The molecule has 1 saturated heterocycles. The van der Waals surface area contributed by atoms with Crippen LogP contribution in [0.15, 0.2) is 11.1 Å². The second-order valence-electron chi connectivity index (χ2n) is 5.37. The van der Waals surface area contributed by atoms with Crippen LogP contribution in [0.5, 0.6) is 0 Å². The van der Waals surface area contributed by atoms with Crippen molar-refractivity contribution in [1.29, 1.82) is 0 Å². The van der Waals surface area contributed by atoms with Crippen LogP contribution in [0.1, 0.15) is 19.3 Å². The topological polar surface area (TPSA) is 75.0 Å². The van der Waals surface area contributed by atoms with Gasteiger partial charge in [-0.05, 0) is 53.7 Å². The number of anilines is 1. The number of halogens is 1. The van der Waals surface area contributed by atoms with Crippen LogP contribution in [-0.4, -0.2) is 29.1 Å². The summed E-state index contributed by atoms with van der Waals surface area (Å²) >= 11 is 2.08. The highest BCUT2D eigenvalue weighted by molar-refractivity contribution is 14.1. The molecule has 0 bridgehead atoms. The van der Waals surface area contributed by atoms with Crippen LogP contribution < -0.4 is 16.2 Å². The van der Waals surface area contributed by atoms with Gasteiger partial charge in [-0.25, -0.2) is 4.98 Å². The van der Waals surface area contributed by atoms with E-state index in [4.69, 9.17) is 5.73 Å². The summed E-state index contributed by atoms with van der Waals surface area (Å²) in [6, 6.07) is 0.359. The first-order valence-electron chi connectivity index (χ1n) is 6.39. The van der Waals surface area contributed by atoms with Crippen LogP contribution in [0.3, 0.4) is 0 Å². The van der Waals surface area contributed by atoms with Crippen molar-refractivity contribution in [2.45, 2.75) is 25.3 Å². The molecular weight excluding hydrogens is 343 g/mol. The standard InChI is InChI=1S/C12H17IN4O/c13-10-11(15-6-16-12(10)18)17-4-7-1-2-9(14)3-8(7)5-17/h6-9H,1-5,14H2,(H,15,16,18)/t7-,8+,9?/m1/s1. The fraction of sp³-hybridized carbons (Fsp3) is 0.667. The molecule has 2 fully saturated rings. The van der Waals surface area contributed by atoms with Crippen molar-refractivity contribution in [3.63, 3.8) is 0 Å². The molecule has 3 N–H and O–H groups in total. The molecule has 2 aliphatic rings. The molecule has 3 atom stereocenters. The van der Waals surface area contributed by atoms with E-state index in [2.05, 4.69) is 37.5 Å². The lowest BCUT2D eigenvalue weighted by Crippen LogP contribution is -2.32. The number of rotatable bonds is 1. The van der Waals surface area contributed by atoms with Crippen molar-refractivity contribution in [2.75, 3.05) is 18.0 Å². The van der Waals surface area contributed by atoms with Gasteiger partial charge in [0.15, 0.2) is 0 Å². The summed E-state index contributed by atoms with van der Waals surface area (Å²) < 4.78 is 0.693.